The summed E-state index contributed by atoms with van der Waals surface area (Å²) >= 11 is 1.31. The summed E-state index contributed by atoms with van der Waals surface area (Å²) in [7, 11) is 5.31. The summed E-state index contributed by atoms with van der Waals surface area (Å²) in [5.74, 6) is 1.73. The molecule has 8 heteroatoms. The Labute approximate surface area is 206 Å². The van der Waals surface area contributed by atoms with Gasteiger partial charge in [0, 0.05) is 13.1 Å². The lowest BCUT2D eigenvalue weighted by Gasteiger charge is -2.22. The first kappa shape index (κ1) is 26.2. The Balaban J connectivity index is 1.44. The number of aliphatic hydroxyl groups excluding tert-OH is 1. The van der Waals surface area contributed by atoms with E-state index >= 15 is 0 Å². The smallest absolute Gasteiger partial charge is 0.322 e. The number of fused-ring (bicyclic) bond motifs is 1. The minimum Gasteiger partial charge on any atom is -0.493 e. The summed E-state index contributed by atoms with van der Waals surface area (Å²) in [5, 5.41) is 9.93. The highest BCUT2D eigenvalue weighted by Gasteiger charge is 2.37. The molecule has 0 bridgehead atoms. The number of aryl methyl sites for hydroxylation is 1. The molecule has 0 fully saturated rings. The van der Waals surface area contributed by atoms with Gasteiger partial charge in [0.2, 0.25) is 0 Å². The summed E-state index contributed by atoms with van der Waals surface area (Å²) in [5.41, 5.74) is 2.24. The third-order valence-corrected chi connectivity index (χ3v) is 7.15. The molecule has 2 aromatic carbocycles. The number of carbonyl (C=O) groups excluding carboxylic acids is 1. The molecule has 2 aromatic rings. The van der Waals surface area contributed by atoms with Crippen LogP contribution >= 0.6 is 11.8 Å². The summed E-state index contributed by atoms with van der Waals surface area (Å²) in [6.45, 7) is 5.72. The monoisotopic (exact) mass is 489 g/mol. The van der Waals surface area contributed by atoms with Crippen molar-refractivity contribution in [1.29, 1.82) is 0 Å². The van der Waals surface area contributed by atoms with Gasteiger partial charge in [0.05, 0.1) is 25.7 Å². The topological polar surface area (TPSA) is 77.5 Å². The van der Waals surface area contributed by atoms with Crippen LogP contribution in [0.3, 0.4) is 0 Å². The number of rotatable bonds is 10. The van der Waals surface area contributed by atoms with E-state index in [1.807, 2.05) is 50.4 Å². The molecule has 0 spiro atoms. The van der Waals surface area contributed by atoms with Crippen molar-refractivity contribution in [2.75, 3.05) is 41.0 Å². The van der Waals surface area contributed by atoms with E-state index in [2.05, 4.69) is 4.90 Å². The average Bonchev–Trinajstić information content (AvgIpc) is 2.96. The average molecular weight is 490 g/mol. The zero-order valence-electron chi connectivity index (χ0n) is 20.6. The summed E-state index contributed by atoms with van der Waals surface area (Å²) in [4.78, 5) is 15.8. The van der Waals surface area contributed by atoms with Gasteiger partial charge in [-0.15, -0.1) is 11.8 Å². The van der Waals surface area contributed by atoms with Crippen LogP contribution in [-0.2, 0) is 16.0 Å². The van der Waals surface area contributed by atoms with Crippen molar-refractivity contribution < 1.29 is 28.8 Å². The van der Waals surface area contributed by atoms with Crippen LogP contribution in [-0.4, -0.2) is 74.4 Å². The maximum absolute atomic E-state index is 12.8. The van der Waals surface area contributed by atoms with Crippen LogP contribution in [0, 0.1) is 6.92 Å². The van der Waals surface area contributed by atoms with Gasteiger partial charge in [-0.1, -0.05) is 12.1 Å². The second-order valence-corrected chi connectivity index (χ2v) is 9.75. The second-order valence-electron chi connectivity index (χ2n) is 8.57. The van der Waals surface area contributed by atoms with E-state index in [4.69, 9.17) is 18.9 Å². The third kappa shape index (κ3) is 6.81. The van der Waals surface area contributed by atoms with Crippen LogP contribution in [0.15, 0.2) is 41.3 Å². The Kier molecular flexibility index (Phi) is 9.50. The largest absolute Gasteiger partial charge is 0.493 e. The molecule has 1 unspecified atom stereocenters. The fourth-order valence-corrected chi connectivity index (χ4v) is 5.06. The maximum atomic E-state index is 12.8. The highest BCUT2D eigenvalue weighted by molar-refractivity contribution is 8.00. The zero-order valence-corrected chi connectivity index (χ0v) is 21.4. The number of methoxy groups -OCH3 is 2. The van der Waals surface area contributed by atoms with Gasteiger partial charge < -0.3 is 29.0 Å². The predicted molar refractivity (Wildman–Crippen MR) is 133 cm³/mol. The number of carbonyl (C=O) groups is 1. The lowest BCUT2D eigenvalue weighted by molar-refractivity contribution is -0.146. The van der Waals surface area contributed by atoms with E-state index in [1.165, 1.54) is 17.3 Å². The molecular formula is C26H35NO6S. The molecule has 34 heavy (non-hydrogen) atoms. The SMILES string of the molecule is COc1ccc(CCN(C)CCCOC(=O)[C@@H]2Sc3cc(C)ccc3OC(C)[C@@H]2O)cc1OC. The minimum atomic E-state index is -0.950. The number of thioether (sulfide) groups is 1. The number of nitrogens with zero attached hydrogens (tertiary/aromatic N) is 1. The molecule has 0 saturated carbocycles. The van der Waals surface area contributed by atoms with Crippen molar-refractivity contribution in [3.05, 3.63) is 47.5 Å². The Bertz CT molecular complexity index is 968. The zero-order chi connectivity index (χ0) is 24.7. The molecule has 0 amide bonds. The first-order valence-corrected chi connectivity index (χ1v) is 12.4. The van der Waals surface area contributed by atoms with Gasteiger partial charge >= 0.3 is 5.97 Å². The van der Waals surface area contributed by atoms with Crippen LogP contribution in [0.1, 0.15) is 24.5 Å². The lowest BCUT2D eigenvalue weighted by atomic mass is 10.1. The van der Waals surface area contributed by atoms with Crippen molar-refractivity contribution in [2.45, 2.75) is 49.0 Å². The number of hydrogen-bond acceptors (Lipinski definition) is 8. The Morgan fingerprint density at radius 1 is 1.12 bits per heavy atom. The highest BCUT2D eigenvalue weighted by atomic mass is 32.2. The molecule has 3 atom stereocenters. The normalized spacial score (nSPS) is 19.7. The summed E-state index contributed by atoms with van der Waals surface area (Å²) in [6.07, 6.45) is 0.132. The molecule has 0 aliphatic carbocycles. The van der Waals surface area contributed by atoms with Gasteiger partial charge in [-0.3, -0.25) is 4.79 Å². The Morgan fingerprint density at radius 3 is 2.62 bits per heavy atom. The quantitative estimate of drug-likeness (QED) is 0.400. The van der Waals surface area contributed by atoms with Crippen LogP contribution < -0.4 is 14.2 Å². The number of aliphatic hydroxyl groups is 1. The first-order valence-electron chi connectivity index (χ1n) is 11.5. The van der Waals surface area contributed by atoms with Gasteiger partial charge in [-0.25, -0.2) is 0 Å². The predicted octanol–water partition coefficient (Wildman–Crippen LogP) is 3.72. The molecule has 1 heterocycles. The fourth-order valence-electron chi connectivity index (χ4n) is 3.77. The molecule has 1 aliphatic heterocycles. The number of likely N-dealkylation sites (N-methyl/N-ethyl adjacent to an activating group) is 1. The number of benzene rings is 2. The third-order valence-electron chi connectivity index (χ3n) is 5.85. The van der Waals surface area contributed by atoms with Crippen LogP contribution in [0.4, 0.5) is 0 Å². The summed E-state index contributed by atoms with van der Waals surface area (Å²) < 4.78 is 22.0. The molecule has 3 rings (SSSR count). The standard InChI is InChI=1S/C26H35NO6S/c1-17-7-9-21-23(15-17)34-25(24(28)18(2)33-21)26(29)32-14-6-12-27(3)13-11-19-8-10-20(30-4)22(16-19)31-5/h7-10,15-16,18,24-25,28H,6,11-14H2,1-5H3/t18?,24-,25+/m0/s1. The van der Waals surface area contributed by atoms with Gasteiger partial charge in [-0.2, -0.15) is 0 Å². The van der Waals surface area contributed by atoms with Crippen molar-refractivity contribution >= 4 is 17.7 Å². The number of esters is 1. The second kappa shape index (κ2) is 12.3. The molecule has 0 saturated heterocycles. The van der Waals surface area contributed by atoms with E-state index in [9.17, 15) is 9.90 Å². The fraction of sp³-hybridized carbons (Fsp3) is 0.500. The van der Waals surface area contributed by atoms with E-state index in [0.29, 0.717) is 18.8 Å². The van der Waals surface area contributed by atoms with Crippen molar-refractivity contribution in [3.63, 3.8) is 0 Å². The molecule has 186 valence electrons. The molecule has 0 aromatic heterocycles. The van der Waals surface area contributed by atoms with Crippen molar-refractivity contribution in [3.8, 4) is 17.2 Å². The van der Waals surface area contributed by atoms with E-state index in [-0.39, 0.29) is 0 Å². The number of hydrogen-bond donors (Lipinski definition) is 1. The van der Waals surface area contributed by atoms with Crippen LogP contribution in [0.2, 0.25) is 0 Å². The molecule has 1 N–H and O–H groups in total. The van der Waals surface area contributed by atoms with Gasteiger partial charge in [-0.05, 0) is 69.1 Å². The molecule has 0 radical (unpaired) electrons. The van der Waals surface area contributed by atoms with E-state index in [1.54, 1.807) is 21.1 Å². The van der Waals surface area contributed by atoms with Gasteiger partial charge in [0.25, 0.3) is 0 Å². The van der Waals surface area contributed by atoms with E-state index in [0.717, 1.165) is 41.5 Å². The maximum Gasteiger partial charge on any atom is 0.322 e. The first-order chi connectivity index (χ1) is 16.3. The lowest BCUT2D eigenvalue weighted by Crippen LogP contribution is -2.41. The molecular weight excluding hydrogens is 454 g/mol. The number of ether oxygens (including phenoxy) is 4. The Morgan fingerprint density at radius 2 is 1.88 bits per heavy atom. The molecule has 7 nitrogen and oxygen atoms in total. The Hall–Kier alpha value is -2.42. The van der Waals surface area contributed by atoms with Crippen LogP contribution in [0.25, 0.3) is 0 Å². The summed E-state index contributed by atoms with van der Waals surface area (Å²) in [6, 6.07) is 11.8. The van der Waals surface area contributed by atoms with Crippen molar-refractivity contribution in [1.82, 2.24) is 4.90 Å². The van der Waals surface area contributed by atoms with E-state index < -0.39 is 23.4 Å². The van der Waals surface area contributed by atoms with Crippen LogP contribution in [0.5, 0.6) is 17.2 Å². The minimum absolute atomic E-state index is 0.305. The molecule has 1 aliphatic rings. The van der Waals surface area contributed by atoms with Gasteiger partial charge in [0.1, 0.15) is 23.2 Å². The van der Waals surface area contributed by atoms with Crippen molar-refractivity contribution in [2.24, 2.45) is 0 Å². The highest BCUT2D eigenvalue weighted by Crippen LogP contribution is 2.39. The van der Waals surface area contributed by atoms with Gasteiger partial charge in [0.15, 0.2) is 11.5 Å².